The second kappa shape index (κ2) is 9.60. The summed E-state index contributed by atoms with van der Waals surface area (Å²) in [5, 5.41) is 3.08. The number of carbonyl (C=O) groups excluding carboxylic acids is 1. The van der Waals surface area contributed by atoms with E-state index >= 15 is 0 Å². The minimum Gasteiger partial charge on any atom is -0.497 e. The lowest BCUT2D eigenvalue weighted by molar-refractivity contribution is -0.114. The van der Waals surface area contributed by atoms with Gasteiger partial charge in [-0.15, -0.1) is 0 Å². The molecule has 9 heteroatoms. The number of aryl methyl sites for hydroxylation is 1. The van der Waals surface area contributed by atoms with Crippen LogP contribution >= 0.6 is 23.2 Å². The molecule has 0 bridgehead atoms. The van der Waals surface area contributed by atoms with E-state index in [4.69, 9.17) is 27.9 Å². The lowest BCUT2D eigenvalue weighted by Gasteiger charge is -2.24. The van der Waals surface area contributed by atoms with Gasteiger partial charge in [0.05, 0.1) is 33.4 Å². The minimum absolute atomic E-state index is 0.0301. The van der Waals surface area contributed by atoms with E-state index in [-0.39, 0.29) is 14.9 Å². The molecule has 0 saturated carbocycles. The van der Waals surface area contributed by atoms with Gasteiger partial charge in [0.1, 0.15) is 12.3 Å². The van der Waals surface area contributed by atoms with Crippen LogP contribution in [-0.4, -0.2) is 28.0 Å². The molecule has 0 fully saturated rings. The Balaban J connectivity index is 1.95. The van der Waals surface area contributed by atoms with Crippen molar-refractivity contribution in [1.82, 2.24) is 0 Å². The predicted molar refractivity (Wildman–Crippen MR) is 124 cm³/mol. The largest absolute Gasteiger partial charge is 0.497 e. The first-order valence-electron chi connectivity index (χ1n) is 9.19. The molecule has 0 spiro atoms. The first kappa shape index (κ1) is 22.9. The molecule has 162 valence electrons. The lowest BCUT2D eigenvalue weighted by atomic mass is 10.2. The summed E-state index contributed by atoms with van der Waals surface area (Å²) in [5.41, 5.74) is 1.61. The number of nitrogens with one attached hydrogen (secondary N) is 1. The normalized spacial score (nSPS) is 11.1. The van der Waals surface area contributed by atoms with Crippen LogP contribution in [0, 0.1) is 6.92 Å². The lowest BCUT2D eigenvalue weighted by Crippen LogP contribution is -2.38. The summed E-state index contributed by atoms with van der Waals surface area (Å²) in [7, 11) is -2.55. The van der Waals surface area contributed by atoms with Crippen molar-refractivity contribution in [2.24, 2.45) is 0 Å². The van der Waals surface area contributed by atoms with E-state index in [1.807, 2.05) is 6.92 Å². The zero-order valence-corrected chi connectivity index (χ0v) is 19.1. The van der Waals surface area contributed by atoms with Crippen molar-refractivity contribution >= 4 is 50.5 Å². The summed E-state index contributed by atoms with van der Waals surface area (Å²) >= 11 is 12.1. The molecule has 0 aliphatic rings. The highest BCUT2D eigenvalue weighted by Crippen LogP contribution is 2.30. The molecule has 0 atom stereocenters. The highest BCUT2D eigenvalue weighted by Gasteiger charge is 2.27. The summed E-state index contributed by atoms with van der Waals surface area (Å²) in [6.45, 7) is 1.43. The van der Waals surface area contributed by atoms with Gasteiger partial charge in [-0.2, -0.15) is 0 Å². The van der Waals surface area contributed by atoms with Crippen LogP contribution in [-0.2, 0) is 14.8 Å². The Morgan fingerprint density at radius 1 is 1.00 bits per heavy atom. The predicted octanol–water partition coefficient (Wildman–Crippen LogP) is 5.14. The molecule has 3 aromatic carbocycles. The number of nitrogens with zero attached hydrogens (tertiary/aromatic N) is 1. The molecule has 0 saturated heterocycles. The number of hydrogen-bond acceptors (Lipinski definition) is 4. The molecule has 0 radical (unpaired) electrons. The molecule has 6 nitrogen and oxygen atoms in total. The fourth-order valence-corrected chi connectivity index (χ4v) is 4.59. The number of hydrogen-bond donors (Lipinski definition) is 1. The van der Waals surface area contributed by atoms with Crippen molar-refractivity contribution in [3.05, 3.63) is 82.3 Å². The van der Waals surface area contributed by atoms with E-state index in [0.29, 0.717) is 17.1 Å². The molecule has 0 aliphatic heterocycles. The Morgan fingerprint density at radius 3 is 2.26 bits per heavy atom. The zero-order valence-electron chi connectivity index (χ0n) is 16.8. The summed E-state index contributed by atoms with van der Waals surface area (Å²) in [6, 6.07) is 17.6. The molecule has 0 unspecified atom stereocenters. The number of rotatable bonds is 7. The van der Waals surface area contributed by atoms with Gasteiger partial charge in [-0.25, -0.2) is 8.42 Å². The molecule has 3 rings (SSSR count). The molecule has 3 aromatic rings. The van der Waals surface area contributed by atoms with E-state index in [1.54, 1.807) is 54.6 Å². The number of carbonyl (C=O) groups is 1. The smallest absolute Gasteiger partial charge is 0.264 e. The quantitative estimate of drug-likeness (QED) is 0.509. The maximum absolute atomic E-state index is 13.4. The third-order valence-electron chi connectivity index (χ3n) is 4.48. The highest BCUT2D eigenvalue weighted by atomic mass is 35.5. The van der Waals surface area contributed by atoms with Gasteiger partial charge in [0, 0.05) is 0 Å². The molecule has 31 heavy (non-hydrogen) atoms. The SMILES string of the molecule is COc1ccc(S(=O)(=O)N(CC(=O)Nc2cccc(Cl)c2Cl)c2ccc(C)cc2)cc1. The number of sulfonamides is 1. The van der Waals surface area contributed by atoms with Gasteiger partial charge in [-0.3, -0.25) is 9.10 Å². The second-order valence-electron chi connectivity index (χ2n) is 6.67. The van der Waals surface area contributed by atoms with Crippen LogP contribution < -0.4 is 14.4 Å². The summed E-state index contributed by atoms with van der Waals surface area (Å²) in [6.07, 6.45) is 0. The van der Waals surface area contributed by atoms with E-state index < -0.39 is 22.5 Å². The first-order chi connectivity index (χ1) is 14.7. The van der Waals surface area contributed by atoms with Crippen molar-refractivity contribution in [3.63, 3.8) is 0 Å². The van der Waals surface area contributed by atoms with Crippen LogP contribution in [0.15, 0.2) is 71.6 Å². The Kier molecular flexibility index (Phi) is 7.10. The van der Waals surface area contributed by atoms with Gasteiger partial charge in [0.15, 0.2) is 0 Å². The molecule has 1 N–H and O–H groups in total. The topological polar surface area (TPSA) is 75.7 Å². The van der Waals surface area contributed by atoms with Gasteiger partial charge in [-0.05, 0) is 55.5 Å². The van der Waals surface area contributed by atoms with E-state index in [2.05, 4.69) is 5.32 Å². The van der Waals surface area contributed by atoms with Gasteiger partial charge in [0.25, 0.3) is 10.0 Å². The number of ether oxygens (including phenoxy) is 1. The summed E-state index contributed by atoms with van der Waals surface area (Å²) in [4.78, 5) is 12.8. The van der Waals surface area contributed by atoms with Crippen molar-refractivity contribution < 1.29 is 17.9 Å². The number of amides is 1. The molecular formula is C22H20Cl2N2O4S. The number of benzene rings is 3. The van der Waals surface area contributed by atoms with Crippen molar-refractivity contribution in [2.75, 3.05) is 23.3 Å². The molecular weight excluding hydrogens is 459 g/mol. The minimum atomic E-state index is -4.04. The third kappa shape index (κ3) is 5.31. The third-order valence-corrected chi connectivity index (χ3v) is 7.09. The second-order valence-corrected chi connectivity index (χ2v) is 9.32. The molecule has 0 aromatic heterocycles. The monoisotopic (exact) mass is 478 g/mol. The highest BCUT2D eigenvalue weighted by molar-refractivity contribution is 7.92. The zero-order chi connectivity index (χ0) is 22.6. The Morgan fingerprint density at radius 2 is 1.65 bits per heavy atom. The van der Waals surface area contributed by atoms with Crippen molar-refractivity contribution in [2.45, 2.75) is 11.8 Å². The van der Waals surface area contributed by atoms with Gasteiger partial charge in [-0.1, -0.05) is 47.0 Å². The van der Waals surface area contributed by atoms with Crippen LogP contribution in [0.25, 0.3) is 0 Å². The Bertz CT molecular complexity index is 1180. The molecule has 0 aliphatic carbocycles. The van der Waals surface area contributed by atoms with E-state index in [0.717, 1.165) is 9.87 Å². The van der Waals surface area contributed by atoms with Gasteiger partial charge < -0.3 is 10.1 Å². The van der Waals surface area contributed by atoms with Crippen LogP contribution in [0.3, 0.4) is 0 Å². The van der Waals surface area contributed by atoms with E-state index in [1.165, 1.54) is 19.2 Å². The average molecular weight is 479 g/mol. The van der Waals surface area contributed by atoms with Crippen molar-refractivity contribution in [1.29, 1.82) is 0 Å². The Hall–Kier alpha value is -2.74. The van der Waals surface area contributed by atoms with Gasteiger partial charge in [0.2, 0.25) is 5.91 Å². The standard InChI is InChI=1S/C22H20Cl2N2O4S/c1-15-6-8-16(9-7-15)26(31(28,29)18-12-10-17(30-2)11-13-18)14-21(27)25-20-5-3-4-19(23)22(20)24/h3-13H,14H2,1-2H3,(H,25,27). The number of halogens is 2. The van der Waals surface area contributed by atoms with E-state index in [9.17, 15) is 13.2 Å². The number of methoxy groups -OCH3 is 1. The summed E-state index contributed by atoms with van der Waals surface area (Å²) < 4.78 is 32.9. The van der Waals surface area contributed by atoms with Crippen molar-refractivity contribution in [3.8, 4) is 5.75 Å². The first-order valence-corrected chi connectivity index (χ1v) is 11.4. The molecule has 0 heterocycles. The van der Waals surface area contributed by atoms with Crippen LogP contribution in [0.1, 0.15) is 5.56 Å². The Labute approximate surface area is 191 Å². The maximum atomic E-state index is 13.4. The van der Waals surface area contributed by atoms with Gasteiger partial charge >= 0.3 is 0 Å². The maximum Gasteiger partial charge on any atom is 0.264 e. The average Bonchev–Trinajstić information content (AvgIpc) is 2.76. The van der Waals surface area contributed by atoms with Crippen LogP contribution in [0.2, 0.25) is 10.0 Å². The fourth-order valence-electron chi connectivity index (χ4n) is 2.82. The van der Waals surface area contributed by atoms with Crippen LogP contribution in [0.5, 0.6) is 5.75 Å². The summed E-state index contributed by atoms with van der Waals surface area (Å²) in [5.74, 6) is -0.0454. The molecule has 1 amide bonds. The number of anilines is 2. The fraction of sp³-hybridized carbons (Fsp3) is 0.136. The van der Waals surface area contributed by atoms with Crippen LogP contribution in [0.4, 0.5) is 11.4 Å².